The van der Waals surface area contributed by atoms with Gasteiger partial charge in [-0.3, -0.25) is 4.79 Å². The van der Waals surface area contributed by atoms with Gasteiger partial charge in [0.05, 0.1) is 18.8 Å². The highest BCUT2D eigenvalue weighted by Crippen LogP contribution is 2.36. The Kier molecular flexibility index (Phi) is 2.22. The van der Waals surface area contributed by atoms with Gasteiger partial charge in [-0.1, -0.05) is 6.08 Å². The van der Waals surface area contributed by atoms with E-state index in [0.717, 1.165) is 5.57 Å². The highest BCUT2D eigenvalue weighted by Gasteiger charge is 2.42. The maximum atomic E-state index is 11.2. The van der Waals surface area contributed by atoms with E-state index in [4.69, 9.17) is 4.74 Å². The highest BCUT2D eigenvalue weighted by atomic mass is 16.5. The van der Waals surface area contributed by atoms with Crippen LogP contribution in [0.1, 0.15) is 19.8 Å². The third-order valence-electron chi connectivity index (χ3n) is 2.94. The first-order valence-electron chi connectivity index (χ1n) is 4.69. The number of allylic oxidation sites excluding steroid dienone is 1. The molecule has 1 heterocycles. The van der Waals surface area contributed by atoms with Crippen molar-refractivity contribution in [2.75, 3.05) is 6.61 Å². The Morgan fingerprint density at radius 3 is 3.00 bits per heavy atom. The van der Waals surface area contributed by atoms with Gasteiger partial charge >= 0.3 is 0 Å². The first-order valence-corrected chi connectivity index (χ1v) is 4.69. The van der Waals surface area contributed by atoms with E-state index >= 15 is 0 Å². The third-order valence-corrected chi connectivity index (χ3v) is 2.94. The van der Waals surface area contributed by atoms with Crippen LogP contribution in [0.4, 0.5) is 0 Å². The molecule has 1 N–H and O–H groups in total. The summed E-state index contributed by atoms with van der Waals surface area (Å²) in [6.07, 6.45) is 2.16. The highest BCUT2D eigenvalue weighted by molar-refractivity contribution is 5.80. The second kappa shape index (κ2) is 3.24. The monoisotopic (exact) mass is 182 g/mol. The van der Waals surface area contributed by atoms with E-state index in [0.29, 0.717) is 19.4 Å². The summed E-state index contributed by atoms with van der Waals surface area (Å²) in [5, 5.41) is 9.71. The van der Waals surface area contributed by atoms with Gasteiger partial charge in [-0.05, 0) is 12.5 Å². The molecule has 0 aromatic heterocycles. The van der Waals surface area contributed by atoms with Crippen molar-refractivity contribution < 1.29 is 14.6 Å². The fourth-order valence-corrected chi connectivity index (χ4v) is 2.27. The van der Waals surface area contributed by atoms with E-state index in [-0.39, 0.29) is 17.8 Å². The van der Waals surface area contributed by atoms with Crippen molar-refractivity contribution in [2.45, 2.75) is 32.0 Å². The minimum atomic E-state index is -0.528. The van der Waals surface area contributed by atoms with Crippen LogP contribution in [0, 0.1) is 5.92 Å². The number of hydrogen-bond acceptors (Lipinski definition) is 3. The van der Waals surface area contributed by atoms with Gasteiger partial charge in [-0.2, -0.15) is 0 Å². The molecule has 3 nitrogen and oxygen atoms in total. The van der Waals surface area contributed by atoms with Gasteiger partial charge in [0, 0.05) is 18.8 Å². The van der Waals surface area contributed by atoms with E-state index in [1.807, 2.05) is 13.0 Å². The topological polar surface area (TPSA) is 46.5 Å². The number of ether oxygens (including phenoxy) is 1. The van der Waals surface area contributed by atoms with Crippen LogP contribution in [-0.2, 0) is 9.53 Å². The fraction of sp³-hybridized carbons (Fsp3) is 0.700. The number of aliphatic hydroxyl groups excluding tert-OH is 1. The van der Waals surface area contributed by atoms with Crippen molar-refractivity contribution in [2.24, 2.45) is 5.92 Å². The number of Topliss-reactive ketones (excluding diaryl/α,β-unsaturated/α-hetero) is 1. The second-order valence-corrected chi connectivity index (χ2v) is 3.75. The van der Waals surface area contributed by atoms with Crippen LogP contribution >= 0.6 is 0 Å². The molecule has 1 aliphatic carbocycles. The zero-order valence-electron chi connectivity index (χ0n) is 7.69. The van der Waals surface area contributed by atoms with Gasteiger partial charge < -0.3 is 9.84 Å². The average Bonchev–Trinajstić information content (AvgIpc) is 2.47. The molecule has 1 aliphatic heterocycles. The zero-order valence-corrected chi connectivity index (χ0v) is 7.69. The van der Waals surface area contributed by atoms with Crippen molar-refractivity contribution in [3.05, 3.63) is 11.6 Å². The van der Waals surface area contributed by atoms with Crippen molar-refractivity contribution in [3.63, 3.8) is 0 Å². The van der Waals surface area contributed by atoms with Crippen molar-refractivity contribution in [1.82, 2.24) is 0 Å². The van der Waals surface area contributed by atoms with Gasteiger partial charge in [-0.15, -0.1) is 0 Å². The lowest BCUT2D eigenvalue weighted by molar-refractivity contribution is -0.129. The molecule has 0 radical (unpaired) electrons. The van der Waals surface area contributed by atoms with Crippen LogP contribution in [-0.4, -0.2) is 29.7 Å². The summed E-state index contributed by atoms with van der Waals surface area (Å²) in [4.78, 5) is 11.2. The molecule has 0 aromatic rings. The zero-order chi connectivity index (χ0) is 9.42. The van der Waals surface area contributed by atoms with E-state index < -0.39 is 6.10 Å². The maximum absolute atomic E-state index is 11.2. The minimum absolute atomic E-state index is 0.0672. The smallest absolute Gasteiger partial charge is 0.138 e. The Hall–Kier alpha value is -0.670. The summed E-state index contributed by atoms with van der Waals surface area (Å²) in [6, 6.07) is 0. The lowest BCUT2D eigenvalue weighted by Crippen LogP contribution is -2.38. The molecular weight excluding hydrogens is 168 g/mol. The fourth-order valence-electron chi connectivity index (χ4n) is 2.27. The largest absolute Gasteiger partial charge is 0.392 e. The maximum Gasteiger partial charge on any atom is 0.138 e. The van der Waals surface area contributed by atoms with Crippen molar-refractivity contribution in [3.8, 4) is 0 Å². The Labute approximate surface area is 77.4 Å². The quantitative estimate of drug-likeness (QED) is 0.560. The van der Waals surface area contributed by atoms with Crippen LogP contribution in [0.25, 0.3) is 0 Å². The summed E-state index contributed by atoms with van der Waals surface area (Å²) in [7, 11) is 0. The number of carbonyl (C=O) groups is 1. The summed E-state index contributed by atoms with van der Waals surface area (Å²) in [6.45, 7) is 2.53. The average molecular weight is 182 g/mol. The molecule has 1 saturated carbocycles. The Bertz CT molecular complexity index is 257. The minimum Gasteiger partial charge on any atom is -0.392 e. The Morgan fingerprint density at radius 1 is 1.54 bits per heavy atom. The SMILES string of the molecule is C/C=C1/COC2CC(=O)CC(O)C12. The van der Waals surface area contributed by atoms with E-state index in [1.165, 1.54) is 0 Å². The molecule has 0 spiro atoms. The summed E-state index contributed by atoms with van der Waals surface area (Å²) < 4.78 is 5.45. The van der Waals surface area contributed by atoms with Gasteiger partial charge in [0.15, 0.2) is 0 Å². The molecule has 2 aliphatic rings. The molecule has 0 bridgehead atoms. The van der Waals surface area contributed by atoms with Gasteiger partial charge in [0.2, 0.25) is 0 Å². The van der Waals surface area contributed by atoms with Gasteiger partial charge in [0.1, 0.15) is 5.78 Å². The number of hydrogen-bond donors (Lipinski definition) is 1. The Morgan fingerprint density at radius 2 is 2.31 bits per heavy atom. The van der Waals surface area contributed by atoms with Crippen LogP contribution in [0.2, 0.25) is 0 Å². The lowest BCUT2D eigenvalue weighted by Gasteiger charge is -2.28. The molecule has 1 saturated heterocycles. The number of carbonyl (C=O) groups excluding carboxylic acids is 1. The van der Waals surface area contributed by atoms with E-state index in [1.54, 1.807) is 0 Å². The molecule has 2 rings (SSSR count). The summed E-state index contributed by atoms with van der Waals surface area (Å²) >= 11 is 0. The standard InChI is InChI=1S/C10H14O3/c1-2-6-5-13-9-4-7(11)3-8(12)10(6)9/h2,8-10,12H,3-5H2,1H3/b6-2-. The number of fused-ring (bicyclic) bond motifs is 1. The number of ketones is 1. The molecule has 2 fully saturated rings. The van der Waals surface area contributed by atoms with Gasteiger partial charge in [0.25, 0.3) is 0 Å². The molecule has 3 unspecified atom stereocenters. The predicted octanol–water partition coefficient (Wildman–Crippen LogP) is 0.671. The van der Waals surface area contributed by atoms with Crippen LogP contribution in [0.15, 0.2) is 11.6 Å². The van der Waals surface area contributed by atoms with Crippen molar-refractivity contribution >= 4 is 5.78 Å². The van der Waals surface area contributed by atoms with Gasteiger partial charge in [-0.25, -0.2) is 0 Å². The molecule has 0 aromatic carbocycles. The third kappa shape index (κ3) is 1.42. The number of rotatable bonds is 0. The normalized spacial score (nSPS) is 42.5. The van der Waals surface area contributed by atoms with E-state index in [2.05, 4.69) is 0 Å². The molecular formula is C10H14O3. The first-order chi connectivity index (χ1) is 6.22. The molecule has 0 amide bonds. The first kappa shape index (κ1) is 8.91. The second-order valence-electron chi connectivity index (χ2n) is 3.75. The summed E-state index contributed by atoms with van der Waals surface area (Å²) in [5.41, 5.74) is 1.14. The molecule has 3 heteroatoms. The van der Waals surface area contributed by atoms with Crippen LogP contribution in [0.3, 0.4) is 0 Å². The number of aliphatic hydroxyl groups is 1. The van der Waals surface area contributed by atoms with Crippen LogP contribution in [0.5, 0.6) is 0 Å². The van der Waals surface area contributed by atoms with Crippen molar-refractivity contribution in [1.29, 1.82) is 0 Å². The van der Waals surface area contributed by atoms with Crippen LogP contribution < -0.4 is 0 Å². The lowest BCUT2D eigenvalue weighted by atomic mass is 9.80. The Balaban J connectivity index is 2.21. The molecule has 13 heavy (non-hydrogen) atoms. The molecule has 3 atom stereocenters. The molecule has 72 valence electrons. The summed E-state index contributed by atoms with van der Waals surface area (Å²) in [5.74, 6) is 0.189. The predicted molar refractivity (Wildman–Crippen MR) is 47.2 cm³/mol. The van der Waals surface area contributed by atoms with E-state index in [9.17, 15) is 9.90 Å².